The van der Waals surface area contributed by atoms with Gasteiger partial charge >= 0.3 is 5.97 Å². The van der Waals surface area contributed by atoms with Crippen LogP contribution in [0.4, 0.5) is 0 Å². The van der Waals surface area contributed by atoms with Gasteiger partial charge in [0.1, 0.15) is 17.9 Å². The Labute approximate surface area is 124 Å². The zero-order valence-corrected chi connectivity index (χ0v) is 12.4. The number of rotatable bonds is 7. The van der Waals surface area contributed by atoms with Crippen LogP contribution >= 0.6 is 0 Å². The minimum atomic E-state index is -1.08. The summed E-state index contributed by atoms with van der Waals surface area (Å²) in [7, 11) is 0. The lowest BCUT2D eigenvalue weighted by atomic mass is 10.0. The molecule has 0 saturated carbocycles. The largest absolute Gasteiger partial charge is 0.491 e. The molecule has 0 aliphatic carbocycles. The van der Waals surface area contributed by atoms with Gasteiger partial charge in [-0.1, -0.05) is 37.3 Å². The van der Waals surface area contributed by atoms with E-state index in [4.69, 9.17) is 4.74 Å². The number of aliphatic carboxylic acids is 1. The normalized spacial score (nSPS) is 13.8. The molecule has 0 saturated heterocycles. The van der Waals surface area contributed by atoms with E-state index < -0.39 is 11.5 Å². The Kier molecular flexibility index (Phi) is 4.81. The van der Waals surface area contributed by atoms with Crippen LogP contribution in [-0.4, -0.2) is 29.8 Å². The van der Waals surface area contributed by atoms with Gasteiger partial charge in [0.05, 0.1) is 0 Å². The van der Waals surface area contributed by atoms with E-state index >= 15 is 0 Å². The van der Waals surface area contributed by atoms with E-state index in [9.17, 15) is 9.90 Å². The van der Waals surface area contributed by atoms with Crippen molar-refractivity contribution in [2.24, 2.45) is 0 Å². The number of ether oxygens (including phenoxy) is 1. The lowest BCUT2D eigenvalue weighted by Crippen LogP contribution is -2.54. The van der Waals surface area contributed by atoms with E-state index in [0.717, 1.165) is 17.2 Å². The number of benzene rings is 2. The monoisotopic (exact) mass is 287 g/mol. The molecule has 0 radical (unpaired) electrons. The molecule has 0 aromatic heterocycles. The number of hydrogen-bond donors (Lipinski definition) is 2. The third kappa shape index (κ3) is 3.73. The van der Waals surface area contributed by atoms with Crippen molar-refractivity contribution in [3.63, 3.8) is 0 Å². The number of nitrogens with one attached hydrogen (secondary N) is 1. The zero-order chi connectivity index (χ0) is 15.3. The van der Waals surface area contributed by atoms with Crippen LogP contribution < -0.4 is 10.1 Å². The Morgan fingerprint density at radius 1 is 1.24 bits per heavy atom. The molecule has 0 heterocycles. The Hall–Kier alpha value is -2.07. The Balaban J connectivity index is 2.10. The lowest BCUT2D eigenvalue weighted by Gasteiger charge is -2.26. The van der Waals surface area contributed by atoms with Crippen molar-refractivity contribution >= 4 is 16.7 Å². The summed E-state index contributed by atoms with van der Waals surface area (Å²) < 4.78 is 5.69. The molecule has 4 heteroatoms. The summed E-state index contributed by atoms with van der Waals surface area (Å²) in [6.45, 7) is 4.37. The minimum absolute atomic E-state index is 0.0840. The van der Waals surface area contributed by atoms with E-state index in [2.05, 4.69) is 5.32 Å². The number of fused-ring (bicyclic) bond motifs is 1. The molecular weight excluding hydrogens is 266 g/mol. The summed E-state index contributed by atoms with van der Waals surface area (Å²) in [5.41, 5.74) is -1.08. The molecule has 0 aliphatic heterocycles. The van der Waals surface area contributed by atoms with Gasteiger partial charge in [0.2, 0.25) is 0 Å². The predicted octanol–water partition coefficient (Wildman–Crippen LogP) is 3.06. The maximum Gasteiger partial charge on any atom is 0.327 e. The smallest absolute Gasteiger partial charge is 0.327 e. The highest BCUT2D eigenvalue weighted by atomic mass is 16.5. The van der Waals surface area contributed by atoms with Crippen molar-refractivity contribution in [2.45, 2.75) is 25.8 Å². The number of hydrogen-bond acceptors (Lipinski definition) is 3. The minimum Gasteiger partial charge on any atom is -0.491 e. The SMILES string of the molecule is CCCNC(C)(COc1ccc2ccccc2c1)C(=O)O. The zero-order valence-electron chi connectivity index (χ0n) is 12.4. The Morgan fingerprint density at radius 2 is 1.95 bits per heavy atom. The molecule has 2 aromatic carbocycles. The van der Waals surface area contributed by atoms with Crippen molar-refractivity contribution < 1.29 is 14.6 Å². The van der Waals surface area contributed by atoms with E-state index in [1.54, 1.807) is 6.92 Å². The molecule has 1 atom stereocenters. The summed E-state index contributed by atoms with van der Waals surface area (Å²) in [4.78, 5) is 11.4. The summed E-state index contributed by atoms with van der Waals surface area (Å²) in [5, 5.41) is 14.6. The third-order valence-electron chi connectivity index (χ3n) is 3.49. The van der Waals surface area contributed by atoms with E-state index in [-0.39, 0.29) is 6.61 Å². The van der Waals surface area contributed by atoms with Crippen molar-refractivity contribution in [1.82, 2.24) is 5.32 Å². The van der Waals surface area contributed by atoms with E-state index in [1.807, 2.05) is 49.4 Å². The summed E-state index contributed by atoms with van der Waals surface area (Å²) in [5.74, 6) is -0.226. The van der Waals surface area contributed by atoms with Crippen LogP contribution in [0.25, 0.3) is 10.8 Å². The summed E-state index contributed by atoms with van der Waals surface area (Å²) in [6.07, 6.45) is 0.874. The molecule has 0 amide bonds. The highest BCUT2D eigenvalue weighted by molar-refractivity contribution is 5.83. The van der Waals surface area contributed by atoms with Gasteiger partial charge in [-0.05, 0) is 42.8 Å². The number of carbonyl (C=O) groups is 1. The maximum absolute atomic E-state index is 11.4. The number of carboxylic acids is 1. The van der Waals surface area contributed by atoms with Crippen molar-refractivity contribution in [3.05, 3.63) is 42.5 Å². The van der Waals surface area contributed by atoms with Gasteiger partial charge in [0.25, 0.3) is 0 Å². The first-order chi connectivity index (χ1) is 10.0. The second-order valence-electron chi connectivity index (χ2n) is 5.36. The lowest BCUT2D eigenvalue weighted by molar-refractivity contribution is -0.145. The molecule has 0 aliphatic rings. The highest BCUT2D eigenvalue weighted by Gasteiger charge is 2.33. The van der Waals surface area contributed by atoms with Gasteiger partial charge in [-0.3, -0.25) is 10.1 Å². The van der Waals surface area contributed by atoms with Crippen LogP contribution in [0.15, 0.2) is 42.5 Å². The van der Waals surface area contributed by atoms with Crippen molar-refractivity contribution in [3.8, 4) is 5.75 Å². The van der Waals surface area contributed by atoms with Gasteiger partial charge in [-0.25, -0.2) is 0 Å². The molecule has 0 bridgehead atoms. The highest BCUT2D eigenvalue weighted by Crippen LogP contribution is 2.21. The fraction of sp³-hybridized carbons (Fsp3) is 0.353. The average Bonchev–Trinajstić information content (AvgIpc) is 2.50. The maximum atomic E-state index is 11.4. The first kappa shape index (κ1) is 15.3. The van der Waals surface area contributed by atoms with Crippen LogP contribution in [0.1, 0.15) is 20.3 Å². The van der Waals surface area contributed by atoms with Gasteiger partial charge in [0.15, 0.2) is 0 Å². The van der Waals surface area contributed by atoms with Crippen LogP contribution in [0, 0.1) is 0 Å². The van der Waals surface area contributed by atoms with E-state index in [1.165, 1.54) is 0 Å². The van der Waals surface area contributed by atoms with Crippen LogP contribution in [0.2, 0.25) is 0 Å². The molecule has 21 heavy (non-hydrogen) atoms. The molecule has 0 fully saturated rings. The van der Waals surface area contributed by atoms with E-state index in [0.29, 0.717) is 12.3 Å². The average molecular weight is 287 g/mol. The third-order valence-corrected chi connectivity index (χ3v) is 3.49. The van der Waals surface area contributed by atoms with Crippen LogP contribution in [-0.2, 0) is 4.79 Å². The second kappa shape index (κ2) is 6.59. The molecular formula is C17H21NO3. The number of carboxylic acid groups (broad SMARTS) is 1. The topological polar surface area (TPSA) is 58.6 Å². The molecule has 4 nitrogen and oxygen atoms in total. The Bertz CT molecular complexity index is 626. The van der Waals surface area contributed by atoms with Gasteiger partial charge in [0, 0.05) is 0 Å². The van der Waals surface area contributed by atoms with Crippen LogP contribution in [0.5, 0.6) is 5.75 Å². The first-order valence-corrected chi connectivity index (χ1v) is 7.15. The standard InChI is InChI=1S/C17H21NO3/c1-3-10-18-17(2,16(19)20)12-21-15-9-8-13-6-4-5-7-14(13)11-15/h4-9,11,18H,3,10,12H2,1-2H3,(H,19,20). The van der Waals surface area contributed by atoms with Crippen LogP contribution in [0.3, 0.4) is 0 Å². The van der Waals surface area contributed by atoms with Gasteiger partial charge < -0.3 is 9.84 Å². The second-order valence-corrected chi connectivity index (χ2v) is 5.36. The predicted molar refractivity (Wildman–Crippen MR) is 83.8 cm³/mol. The first-order valence-electron chi connectivity index (χ1n) is 7.15. The fourth-order valence-corrected chi connectivity index (χ4v) is 2.07. The van der Waals surface area contributed by atoms with Crippen molar-refractivity contribution in [2.75, 3.05) is 13.2 Å². The summed E-state index contributed by atoms with van der Waals surface area (Å²) >= 11 is 0. The molecule has 0 spiro atoms. The van der Waals surface area contributed by atoms with Crippen molar-refractivity contribution in [1.29, 1.82) is 0 Å². The van der Waals surface area contributed by atoms with Gasteiger partial charge in [-0.15, -0.1) is 0 Å². The molecule has 2 aromatic rings. The summed E-state index contributed by atoms with van der Waals surface area (Å²) in [6, 6.07) is 13.8. The molecule has 1 unspecified atom stereocenters. The Morgan fingerprint density at radius 3 is 2.62 bits per heavy atom. The van der Waals surface area contributed by atoms with Gasteiger partial charge in [-0.2, -0.15) is 0 Å². The fourth-order valence-electron chi connectivity index (χ4n) is 2.07. The molecule has 112 valence electrons. The quantitative estimate of drug-likeness (QED) is 0.821. The molecule has 2 rings (SSSR count). The molecule has 2 N–H and O–H groups in total.